The van der Waals surface area contributed by atoms with Crippen LogP contribution >= 0.6 is 0 Å². The third kappa shape index (κ3) is 4.57. The van der Waals surface area contributed by atoms with Crippen LogP contribution in [0.4, 0.5) is 0 Å². The summed E-state index contributed by atoms with van der Waals surface area (Å²) < 4.78 is 0. The fraction of sp³-hybridized carbons (Fsp3) is 0.579. The molecule has 0 saturated carbocycles. The Morgan fingerprint density at radius 1 is 1.17 bits per heavy atom. The maximum absolute atomic E-state index is 12.7. The molecule has 1 aromatic carbocycles. The van der Waals surface area contributed by atoms with Gasteiger partial charge in [0.25, 0.3) is 5.91 Å². The molecule has 1 heterocycles. The Hall–Kier alpha value is -1.88. The number of carbonyl (C=O) groups excluding carboxylic acids is 2. The summed E-state index contributed by atoms with van der Waals surface area (Å²) in [6.07, 6.45) is 0.831. The molecule has 0 aromatic heterocycles. The Morgan fingerprint density at radius 2 is 1.75 bits per heavy atom. The number of aliphatic hydroxyl groups is 1. The summed E-state index contributed by atoms with van der Waals surface area (Å²) in [6, 6.07) is 9.33. The van der Waals surface area contributed by atoms with Gasteiger partial charge in [-0.3, -0.25) is 9.59 Å². The molecular formula is C19H28N2O3. The first-order valence-corrected chi connectivity index (χ1v) is 8.73. The molecule has 5 heteroatoms. The summed E-state index contributed by atoms with van der Waals surface area (Å²) in [6.45, 7) is 7.20. The molecule has 1 aliphatic heterocycles. The van der Waals surface area contributed by atoms with Gasteiger partial charge >= 0.3 is 0 Å². The fourth-order valence-electron chi connectivity index (χ4n) is 3.17. The molecule has 132 valence electrons. The third-order valence-corrected chi connectivity index (χ3v) is 4.52. The Labute approximate surface area is 144 Å². The highest BCUT2D eigenvalue weighted by Gasteiger charge is 2.31. The first kappa shape index (κ1) is 18.5. The van der Waals surface area contributed by atoms with Crippen LogP contribution in [0.5, 0.6) is 0 Å². The maximum atomic E-state index is 12.7. The second kappa shape index (κ2) is 8.29. The molecule has 1 saturated heterocycles. The maximum Gasteiger partial charge on any atom is 0.253 e. The molecule has 0 radical (unpaired) electrons. The number of likely N-dealkylation sites (tertiary alicyclic amines) is 1. The highest BCUT2D eigenvalue weighted by Crippen LogP contribution is 2.22. The monoisotopic (exact) mass is 332 g/mol. The summed E-state index contributed by atoms with van der Waals surface area (Å²) in [5.74, 6) is 0.0647. The lowest BCUT2D eigenvalue weighted by Crippen LogP contribution is -2.48. The van der Waals surface area contributed by atoms with E-state index < -0.39 is 6.10 Å². The SMILES string of the molecule is CC(O)CN(C(=O)C1CCN(C(=O)c2ccccc2)CC1)C(C)C. The molecule has 1 unspecified atom stereocenters. The van der Waals surface area contributed by atoms with Crippen LogP contribution in [0, 0.1) is 5.92 Å². The van der Waals surface area contributed by atoms with Gasteiger partial charge in [0.1, 0.15) is 0 Å². The van der Waals surface area contributed by atoms with Crippen molar-refractivity contribution in [2.45, 2.75) is 45.8 Å². The van der Waals surface area contributed by atoms with Gasteiger partial charge in [-0.2, -0.15) is 0 Å². The second-order valence-corrected chi connectivity index (χ2v) is 6.87. The predicted molar refractivity (Wildman–Crippen MR) is 93.6 cm³/mol. The molecule has 1 N–H and O–H groups in total. The topological polar surface area (TPSA) is 60.9 Å². The summed E-state index contributed by atoms with van der Waals surface area (Å²) in [5.41, 5.74) is 0.695. The molecule has 0 spiro atoms. The van der Waals surface area contributed by atoms with Crippen LogP contribution in [-0.4, -0.2) is 58.5 Å². The van der Waals surface area contributed by atoms with E-state index in [1.54, 1.807) is 11.8 Å². The molecule has 2 rings (SSSR count). The summed E-state index contributed by atoms with van der Waals surface area (Å²) in [7, 11) is 0. The van der Waals surface area contributed by atoms with Gasteiger partial charge in [0.2, 0.25) is 5.91 Å². The van der Waals surface area contributed by atoms with Crippen LogP contribution in [-0.2, 0) is 4.79 Å². The molecule has 1 aromatic rings. The minimum atomic E-state index is -0.531. The first-order chi connectivity index (χ1) is 11.4. The van der Waals surface area contributed by atoms with Gasteiger partial charge in [0, 0.05) is 37.2 Å². The van der Waals surface area contributed by atoms with E-state index in [1.165, 1.54) is 0 Å². The molecule has 1 atom stereocenters. The van der Waals surface area contributed by atoms with Gasteiger partial charge in [-0.25, -0.2) is 0 Å². The lowest BCUT2D eigenvalue weighted by molar-refractivity contribution is -0.140. The van der Waals surface area contributed by atoms with E-state index >= 15 is 0 Å². The van der Waals surface area contributed by atoms with Crippen molar-refractivity contribution < 1.29 is 14.7 Å². The Balaban J connectivity index is 1.94. The van der Waals surface area contributed by atoms with Crippen molar-refractivity contribution in [3.63, 3.8) is 0 Å². The van der Waals surface area contributed by atoms with Crippen LogP contribution in [0.15, 0.2) is 30.3 Å². The number of benzene rings is 1. The van der Waals surface area contributed by atoms with Gasteiger partial charge in [0.05, 0.1) is 6.10 Å². The normalized spacial score (nSPS) is 17.0. The number of rotatable bonds is 5. The summed E-state index contributed by atoms with van der Waals surface area (Å²) in [4.78, 5) is 28.8. The van der Waals surface area contributed by atoms with Crippen LogP contribution in [0.2, 0.25) is 0 Å². The molecule has 0 bridgehead atoms. The van der Waals surface area contributed by atoms with E-state index in [2.05, 4.69) is 0 Å². The highest BCUT2D eigenvalue weighted by molar-refractivity contribution is 5.94. The number of carbonyl (C=O) groups is 2. The van der Waals surface area contributed by atoms with Crippen molar-refractivity contribution in [3.8, 4) is 0 Å². The molecule has 5 nitrogen and oxygen atoms in total. The largest absolute Gasteiger partial charge is 0.392 e. The molecule has 2 amide bonds. The standard InChI is InChI=1S/C19H28N2O3/c1-14(2)21(13-15(3)22)19(24)17-9-11-20(12-10-17)18(23)16-7-5-4-6-8-16/h4-8,14-15,17,22H,9-13H2,1-3H3. The average molecular weight is 332 g/mol. The molecule has 1 fully saturated rings. The van der Waals surface area contributed by atoms with Crippen LogP contribution in [0.3, 0.4) is 0 Å². The van der Waals surface area contributed by atoms with E-state index in [9.17, 15) is 14.7 Å². The number of nitrogens with zero attached hydrogens (tertiary/aromatic N) is 2. The van der Waals surface area contributed by atoms with Crippen molar-refractivity contribution in [2.24, 2.45) is 5.92 Å². The average Bonchev–Trinajstić information content (AvgIpc) is 2.59. The van der Waals surface area contributed by atoms with E-state index in [-0.39, 0.29) is 23.8 Å². The Morgan fingerprint density at radius 3 is 2.25 bits per heavy atom. The van der Waals surface area contributed by atoms with Crippen LogP contribution in [0.25, 0.3) is 0 Å². The second-order valence-electron chi connectivity index (χ2n) is 6.87. The molecule has 0 aliphatic carbocycles. The zero-order chi connectivity index (χ0) is 17.7. The number of piperidine rings is 1. The van der Waals surface area contributed by atoms with Gasteiger partial charge in [-0.1, -0.05) is 18.2 Å². The number of hydrogen-bond donors (Lipinski definition) is 1. The number of hydrogen-bond acceptors (Lipinski definition) is 3. The van der Waals surface area contributed by atoms with E-state index in [0.717, 1.165) is 0 Å². The van der Waals surface area contributed by atoms with Crippen molar-refractivity contribution in [3.05, 3.63) is 35.9 Å². The van der Waals surface area contributed by atoms with Gasteiger partial charge in [0.15, 0.2) is 0 Å². The van der Waals surface area contributed by atoms with Gasteiger partial charge < -0.3 is 14.9 Å². The van der Waals surface area contributed by atoms with Crippen molar-refractivity contribution >= 4 is 11.8 Å². The van der Waals surface area contributed by atoms with E-state index in [0.29, 0.717) is 38.0 Å². The van der Waals surface area contributed by atoms with Crippen LogP contribution < -0.4 is 0 Å². The van der Waals surface area contributed by atoms with Crippen molar-refractivity contribution in [1.82, 2.24) is 9.80 Å². The molecular weight excluding hydrogens is 304 g/mol. The first-order valence-electron chi connectivity index (χ1n) is 8.73. The van der Waals surface area contributed by atoms with Crippen molar-refractivity contribution in [1.29, 1.82) is 0 Å². The van der Waals surface area contributed by atoms with Crippen LogP contribution in [0.1, 0.15) is 44.0 Å². The minimum absolute atomic E-state index is 0.0335. The van der Waals surface area contributed by atoms with Gasteiger partial charge in [-0.15, -0.1) is 0 Å². The van der Waals surface area contributed by atoms with E-state index in [1.807, 2.05) is 49.1 Å². The smallest absolute Gasteiger partial charge is 0.253 e. The minimum Gasteiger partial charge on any atom is -0.392 e. The Bertz CT molecular complexity index is 549. The summed E-state index contributed by atoms with van der Waals surface area (Å²) >= 11 is 0. The summed E-state index contributed by atoms with van der Waals surface area (Å²) in [5, 5.41) is 9.61. The predicted octanol–water partition coefficient (Wildman–Crippen LogP) is 2.16. The van der Waals surface area contributed by atoms with E-state index in [4.69, 9.17) is 0 Å². The third-order valence-electron chi connectivity index (χ3n) is 4.52. The quantitative estimate of drug-likeness (QED) is 0.899. The van der Waals surface area contributed by atoms with Gasteiger partial charge in [-0.05, 0) is 45.7 Å². The fourth-order valence-corrected chi connectivity index (χ4v) is 3.17. The Kier molecular flexibility index (Phi) is 6.37. The molecule has 1 aliphatic rings. The lowest BCUT2D eigenvalue weighted by atomic mass is 9.94. The number of amides is 2. The molecule has 24 heavy (non-hydrogen) atoms. The zero-order valence-corrected chi connectivity index (χ0v) is 14.8. The highest BCUT2D eigenvalue weighted by atomic mass is 16.3. The van der Waals surface area contributed by atoms with Crippen molar-refractivity contribution in [2.75, 3.05) is 19.6 Å². The lowest BCUT2D eigenvalue weighted by Gasteiger charge is -2.36. The zero-order valence-electron chi connectivity index (χ0n) is 14.8. The number of aliphatic hydroxyl groups excluding tert-OH is 1.